The van der Waals surface area contributed by atoms with Crippen molar-refractivity contribution in [1.29, 1.82) is 0 Å². The molecule has 0 aliphatic carbocycles. The third-order valence-electron chi connectivity index (χ3n) is 3.75. The van der Waals surface area contributed by atoms with Gasteiger partial charge in [0, 0.05) is 26.3 Å². The van der Waals surface area contributed by atoms with Gasteiger partial charge in [-0.3, -0.25) is 4.90 Å². The van der Waals surface area contributed by atoms with Crippen LogP contribution in [0.25, 0.3) is 0 Å². The van der Waals surface area contributed by atoms with Crippen LogP contribution in [0.2, 0.25) is 0 Å². The Morgan fingerprint density at radius 1 is 0.950 bits per heavy atom. The summed E-state index contributed by atoms with van der Waals surface area (Å²) in [6.45, 7) is 17.1. The third kappa shape index (κ3) is 11.7. The summed E-state index contributed by atoms with van der Waals surface area (Å²) in [5.74, 6) is 1.58. The molecule has 1 N–H and O–H groups in total. The molecule has 0 bridgehead atoms. The van der Waals surface area contributed by atoms with Gasteiger partial charge in [0.25, 0.3) is 0 Å². The van der Waals surface area contributed by atoms with Gasteiger partial charge in [-0.25, -0.2) is 0 Å². The number of nitrogens with zero attached hydrogens (tertiary/aromatic N) is 1. The summed E-state index contributed by atoms with van der Waals surface area (Å²) in [5.41, 5.74) is 0. The van der Waals surface area contributed by atoms with E-state index in [0.717, 1.165) is 38.0 Å². The maximum atomic E-state index is 5.08. The van der Waals surface area contributed by atoms with Gasteiger partial charge in [-0.2, -0.15) is 0 Å². The van der Waals surface area contributed by atoms with Crippen LogP contribution >= 0.6 is 0 Å². The number of hydrogen-bond acceptors (Lipinski definition) is 3. The van der Waals surface area contributed by atoms with Crippen molar-refractivity contribution in [3.63, 3.8) is 0 Å². The number of ether oxygens (including phenoxy) is 1. The van der Waals surface area contributed by atoms with Crippen molar-refractivity contribution in [2.75, 3.05) is 39.9 Å². The lowest BCUT2D eigenvalue weighted by Crippen LogP contribution is -2.42. The zero-order valence-corrected chi connectivity index (χ0v) is 14.7. The molecule has 0 aliphatic heterocycles. The standard InChI is InChI=1S/C17H38N2O/c1-15(2)8-11-19(12-9-16(3)4)17(5)14-18-10-7-13-20-6/h15-18H,7-14H2,1-6H3. The number of nitrogens with one attached hydrogen (secondary N) is 1. The number of hydrogen-bond donors (Lipinski definition) is 1. The summed E-state index contributed by atoms with van der Waals surface area (Å²) in [4.78, 5) is 2.66. The fourth-order valence-corrected chi connectivity index (χ4v) is 2.18. The van der Waals surface area contributed by atoms with Crippen molar-refractivity contribution in [2.24, 2.45) is 11.8 Å². The van der Waals surface area contributed by atoms with Crippen LogP contribution in [0.15, 0.2) is 0 Å². The Kier molecular flexibility index (Phi) is 12.5. The Balaban J connectivity index is 4.00. The summed E-state index contributed by atoms with van der Waals surface area (Å²) in [7, 11) is 1.77. The second kappa shape index (κ2) is 12.6. The van der Waals surface area contributed by atoms with E-state index in [1.165, 1.54) is 25.9 Å². The molecular weight excluding hydrogens is 248 g/mol. The lowest BCUT2D eigenvalue weighted by Gasteiger charge is -2.30. The predicted molar refractivity (Wildman–Crippen MR) is 89.3 cm³/mol. The highest BCUT2D eigenvalue weighted by Gasteiger charge is 2.14. The Labute approximate surface area is 127 Å². The van der Waals surface area contributed by atoms with Crippen LogP contribution in [-0.2, 0) is 4.74 Å². The van der Waals surface area contributed by atoms with Crippen LogP contribution in [0.4, 0.5) is 0 Å². The van der Waals surface area contributed by atoms with Crippen molar-refractivity contribution < 1.29 is 4.74 Å². The normalized spacial score (nSPS) is 13.7. The molecule has 122 valence electrons. The highest BCUT2D eigenvalue weighted by molar-refractivity contribution is 4.71. The first kappa shape index (κ1) is 19.9. The predicted octanol–water partition coefficient (Wildman–Crippen LogP) is 3.40. The van der Waals surface area contributed by atoms with Crippen LogP contribution in [0.3, 0.4) is 0 Å². The van der Waals surface area contributed by atoms with Crippen LogP contribution < -0.4 is 5.32 Å². The lowest BCUT2D eigenvalue weighted by molar-refractivity contribution is 0.177. The monoisotopic (exact) mass is 286 g/mol. The topological polar surface area (TPSA) is 24.5 Å². The molecule has 0 aromatic rings. The first-order valence-corrected chi connectivity index (χ1v) is 8.41. The zero-order chi connectivity index (χ0) is 15.4. The van der Waals surface area contributed by atoms with Gasteiger partial charge in [-0.05, 0) is 57.7 Å². The summed E-state index contributed by atoms with van der Waals surface area (Å²) in [5, 5.41) is 3.55. The highest BCUT2D eigenvalue weighted by Crippen LogP contribution is 2.09. The van der Waals surface area contributed by atoms with Crippen LogP contribution in [0.5, 0.6) is 0 Å². The van der Waals surface area contributed by atoms with Gasteiger partial charge in [0.2, 0.25) is 0 Å². The molecular formula is C17H38N2O. The molecule has 1 unspecified atom stereocenters. The minimum absolute atomic E-state index is 0.620. The lowest BCUT2D eigenvalue weighted by atomic mass is 10.1. The second-order valence-electron chi connectivity index (χ2n) is 6.80. The molecule has 20 heavy (non-hydrogen) atoms. The molecule has 0 aliphatic rings. The fourth-order valence-electron chi connectivity index (χ4n) is 2.18. The molecule has 0 saturated carbocycles. The third-order valence-corrected chi connectivity index (χ3v) is 3.75. The highest BCUT2D eigenvalue weighted by atomic mass is 16.5. The molecule has 3 heteroatoms. The maximum absolute atomic E-state index is 5.08. The minimum atomic E-state index is 0.620. The molecule has 3 nitrogen and oxygen atoms in total. The van der Waals surface area contributed by atoms with Gasteiger partial charge in [-0.15, -0.1) is 0 Å². The Morgan fingerprint density at radius 2 is 1.50 bits per heavy atom. The number of rotatable bonds is 13. The van der Waals surface area contributed by atoms with Gasteiger partial charge in [0.15, 0.2) is 0 Å². The van der Waals surface area contributed by atoms with Crippen molar-refractivity contribution in [3.8, 4) is 0 Å². The molecule has 0 fully saturated rings. The first-order chi connectivity index (χ1) is 9.47. The molecule has 1 atom stereocenters. The summed E-state index contributed by atoms with van der Waals surface area (Å²) in [6.07, 6.45) is 3.69. The molecule has 0 aromatic heterocycles. The molecule has 0 aromatic carbocycles. The molecule has 0 heterocycles. The van der Waals surface area contributed by atoms with Crippen LogP contribution in [-0.4, -0.2) is 50.8 Å². The summed E-state index contributed by atoms with van der Waals surface area (Å²) in [6, 6.07) is 0.620. The molecule has 0 rings (SSSR count). The molecule has 0 spiro atoms. The fraction of sp³-hybridized carbons (Fsp3) is 1.00. The average molecular weight is 287 g/mol. The van der Waals surface area contributed by atoms with E-state index in [1.54, 1.807) is 7.11 Å². The zero-order valence-electron chi connectivity index (χ0n) is 14.7. The smallest absolute Gasteiger partial charge is 0.0474 e. The molecule has 0 saturated heterocycles. The van der Waals surface area contributed by atoms with E-state index in [1.807, 2.05) is 0 Å². The first-order valence-electron chi connectivity index (χ1n) is 8.41. The second-order valence-corrected chi connectivity index (χ2v) is 6.80. The number of methoxy groups -OCH3 is 1. The van der Waals surface area contributed by atoms with E-state index in [9.17, 15) is 0 Å². The SMILES string of the molecule is COCCCNCC(C)N(CCC(C)C)CCC(C)C. The van der Waals surface area contributed by atoms with E-state index in [4.69, 9.17) is 4.74 Å². The molecule has 0 amide bonds. The Hall–Kier alpha value is -0.120. The maximum Gasteiger partial charge on any atom is 0.0474 e. The van der Waals surface area contributed by atoms with Crippen LogP contribution in [0.1, 0.15) is 53.9 Å². The minimum Gasteiger partial charge on any atom is -0.385 e. The quantitative estimate of drug-likeness (QED) is 0.525. The average Bonchev–Trinajstić information content (AvgIpc) is 2.37. The van der Waals surface area contributed by atoms with E-state index in [-0.39, 0.29) is 0 Å². The Morgan fingerprint density at radius 3 is 1.95 bits per heavy atom. The summed E-state index contributed by atoms with van der Waals surface area (Å²) < 4.78 is 5.08. The molecule has 0 radical (unpaired) electrons. The van der Waals surface area contributed by atoms with Crippen molar-refractivity contribution in [2.45, 2.75) is 59.9 Å². The van der Waals surface area contributed by atoms with E-state index in [0.29, 0.717) is 6.04 Å². The van der Waals surface area contributed by atoms with Gasteiger partial charge in [0.1, 0.15) is 0 Å². The van der Waals surface area contributed by atoms with Gasteiger partial charge in [-0.1, -0.05) is 27.7 Å². The van der Waals surface area contributed by atoms with Crippen LogP contribution in [0, 0.1) is 11.8 Å². The van der Waals surface area contributed by atoms with Gasteiger partial charge < -0.3 is 10.1 Å². The van der Waals surface area contributed by atoms with E-state index in [2.05, 4.69) is 44.8 Å². The van der Waals surface area contributed by atoms with Gasteiger partial charge >= 0.3 is 0 Å². The largest absolute Gasteiger partial charge is 0.385 e. The van der Waals surface area contributed by atoms with Crippen molar-refractivity contribution in [1.82, 2.24) is 10.2 Å². The van der Waals surface area contributed by atoms with Crippen molar-refractivity contribution >= 4 is 0 Å². The Bertz CT molecular complexity index is 195. The van der Waals surface area contributed by atoms with Crippen molar-refractivity contribution in [3.05, 3.63) is 0 Å². The van der Waals surface area contributed by atoms with E-state index < -0.39 is 0 Å². The van der Waals surface area contributed by atoms with Gasteiger partial charge in [0.05, 0.1) is 0 Å². The van der Waals surface area contributed by atoms with E-state index >= 15 is 0 Å². The summed E-state index contributed by atoms with van der Waals surface area (Å²) >= 11 is 0.